The van der Waals surface area contributed by atoms with Gasteiger partial charge in [0.15, 0.2) is 5.60 Å². The fraction of sp³-hybridized carbons (Fsp3) is 0.462. The van der Waals surface area contributed by atoms with Crippen LogP contribution in [0.3, 0.4) is 0 Å². The molecule has 1 aliphatic rings. The van der Waals surface area contributed by atoms with Crippen molar-refractivity contribution in [2.75, 3.05) is 13.1 Å². The second-order valence-corrected chi connectivity index (χ2v) is 5.05. The number of likely N-dealkylation sites (tertiary alicyclic amines) is 1. The molecule has 0 spiro atoms. The van der Waals surface area contributed by atoms with E-state index in [0.29, 0.717) is 11.0 Å². The molecule has 1 aromatic carbocycles. The van der Waals surface area contributed by atoms with E-state index in [2.05, 4.69) is 0 Å². The highest BCUT2D eigenvalue weighted by Crippen LogP contribution is 2.39. The standard InChI is InChI=1S/C13H11F6NO2/c14-12(15,16)9-4-2-1-3-8(9)10(21)20-6-5-11(22,7-20)13(17,18)19/h1-4,22H,5-7H2/t11-/m1/s1. The van der Waals surface area contributed by atoms with E-state index >= 15 is 0 Å². The maximum absolute atomic E-state index is 12.8. The predicted molar refractivity (Wildman–Crippen MR) is 63.0 cm³/mol. The third-order valence-corrected chi connectivity index (χ3v) is 3.53. The molecule has 1 amide bonds. The van der Waals surface area contributed by atoms with Crippen molar-refractivity contribution in [2.45, 2.75) is 24.4 Å². The van der Waals surface area contributed by atoms with Gasteiger partial charge < -0.3 is 10.0 Å². The van der Waals surface area contributed by atoms with Gasteiger partial charge in [-0.2, -0.15) is 26.3 Å². The van der Waals surface area contributed by atoms with Gasteiger partial charge in [-0.3, -0.25) is 4.79 Å². The first-order valence-electron chi connectivity index (χ1n) is 6.20. The van der Waals surface area contributed by atoms with Crippen molar-refractivity contribution in [3.05, 3.63) is 35.4 Å². The first-order valence-corrected chi connectivity index (χ1v) is 6.20. The minimum Gasteiger partial charge on any atom is -0.379 e. The summed E-state index contributed by atoms with van der Waals surface area (Å²) < 4.78 is 76.6. The van der Waals surface area contributed by atoms with Crippen LogP contribution in [0.4, 0.5) is 26.3 Å². The molecule has 0 unspecified atom stereocenters. The molecule has 1 aromatic rings. The Hall–Kier alpha value is -1.77. The van der Waals surface area contributed by atoms with Crippen molar-refractivity contribution in [1.29, 1.82) is 0 Å². The molecule has 0 aliphatic carbocycles. The third-order valence-electron chi connectivity index (χ3n) is 3.53. The highest BCUT2D eigenvalue weighted by atomic mass is 19.4. The normalized spacial score (nSPS) is 23.0. The summed E-state index contributed by atoms with van der Waals surface area (Å²) in [6.45, 7) is -1.55. The lowest BCUT2D eigenvalue weighted by atomic mass is 10.0. The Morgan fingerprint density at radius 1 is 1.14 bits per heavy atom. The topological polar surface area (TPSA) is 40.5 Å². The van der Waals surface area contributed by atoms with Crippen LogP contribution in [0.1, 0.15) is 22.3 Å². The minimum atomic E-state index is -4.95. The fourth-order valence-corrected chi connectivity index (χ4v) is 2.29. The summed E-state index contributed by atoms with van der Waals surface area (Å²) in [5.41, 5.74) is -5.04. The number of β-amino-alcohol motifs (C(OH)–C–C–N with tert-alkyl or cyclic N) is 1. The Bertz CT molecular complexity index is 583. The van der Waals surface area contributed by atoms with Crippen LogP contribution in [0.15, 0.2) is 24.3 Å². The van der Waals surface area contributed by atoms with Crippen LogP contribution in [0.2, 0.25) is 0 Å². The Morgan fingerprint density at radius 2 is 1.73 bits per heavy atom. The van der Waals surface area contributed by atoms with Gasteiger partial charge >= 0.3 is 12.4 Å². The first kappa shape index (κ1) is 16.6. The summed E-state index contributed by atoms with van der Waals surface area (Å²) in [6.07, 6.45) is -10.5. The zero-order chi connectivity index (χ0) is 16.8. The molecule has 0 bridgehead atoms. The van der Waals surface area contributed by atoms with Gasteiger partial charge in [0.2, 0.25) is 0 Å². The number of rotatable bonds is 1. The molecule has 1 saturated heterocycles. The number of alkyl halides is 6. The van der Waals surface area contributed by atoms with Crippen LogP contribution in [0.5, 0.6) is 0 Å². The second kappa shape index (κ2) is 5.15. The summed E-state index contributed by atoms with van der Waals surface area (Å²) >= 11 is 0. The van der Waals surface area contributed by atoms with Crippen molar-refractivity contribution < 1.29 is 36.2 Å². The molecule has 3 nitrogen and oxygen atoms in total. The van der Waals surface area contributed by atoms with Crippen LogP contribution in [-0.2, 0) is 6.18 Å². The van der Waals surface area contributed by atoms with Gasteiger partial charge in [0, 0.05) is 13.0 Å². The lowest BCUT2D eigenvalue weighted by Gasteiger charge is -2.26. The van der Waals surface area contributed by atoms with Crippen molar-refractivity contribution in [1.82, 2.24) is 4.90 Å². The molecule has 1 fully saturated rings. The smallest absolute Gasteiger partial charge is 0.379 e. The number of halogens is 6. The summed E-state index contributed by atoms with van der Waals surface area (Å²) in [5.74, 6) is -1.19. The molecule has 122 valence electrons. The van der Waals surface area contributed by atoms with Gasteiger partial charge in [-0.25, -0.2) is 0 Å². The maximum Gasteiger partial charge on any atom is 0.419 e. The molecule has 1 atom stereocenters. The fourth-order valence-electron chi connectivity index (χ4n) is 2.29. The summed E-state index contributed by atoms with van der Waals surface area (Å²) in [7, 11) is 0. The van der Waals surface area contributed by atoms with E-state index in [-0.39, 0.29) is 0 Å². The molecule has 2 rings (SSSR count). The minimum absolute atomic E-state index is 0.471. The van der Waals surface area contributed by atoms with Crippen molar-refractivity contribution in [3.63, 3.8) is 0 Å². The number of hydrogen-bond acceptors (Lipinski definition) is 2. The summed E-state index contributed by atoms with van der Waals surface area (Å²) in [4.78, 5) is 12.7. The monoisotopic (exact) mass is 327 g/mol. The van der Waals surface area contributed by atoms with Gasteiger partial charge in [0.25, 0.3) is 5.91 Å². The van der Waals surface area contributed by atoms with E-state index in [4.69, 9.17) is 0 Å². The Balaban J connectivity index is 2.29. The lowest BCUT2D eigenvalue weighted by molar-refractivity contribution is -0.253. The van der Waals surface area contributed by atoms with Crippen LogP contribution in [-0.4, -0.2) is 40.8 Å². The Morgan fingerprint density at radius 3 is 2.23 bits per heavy atom. The highest BCUT2D eigenvalue weighted by molar-refractivity contribution is 5.96. The van der Waals surface area contributed by atoms with Crippen LogP contribution >= 0.6 is 0 Å². The van der Waals surface area contributed by atoms with Crippen LogP contribution in [0, 0.1) is 0 Å². The van der Waals surface area contributed by atoms with Gasteiger partial charge in [0.1, 0.15) is 0 Å². The quantitative estimate of drug-likeness (QED) is 0.806. The zero-order valence-electron chi connectivity index (χ0n) is 11.0. The number of hydrogen-bond donors (Lipinski definition) is 1. The third kappa shape index (κ3) is 2.90. The van der Waals surface area contributed by atoms with Crippen molar-refractivity contribution in [3.8, 4) is 0 Å². The number of carbonyl (C=O) groups is 1. The number of carbonyl (C=O) groups excluding carboxylic acids is 1. The van der Waals surface area contributed by atoms with Gasteiger partial charge in [0.05, 0.1) is 17.7 Å². The van der Waals surface area contributed by atoms with Crippen molar-refractivity contribution in [2.24, 2.45) is 0 Å². The molecule has 1 heterocycles. The summed E-state index contributed by atoms with van der Waals surface area (Å²) in [6, 6.07) is 3.85. The first-order chi connectivity index (χ1) is 9.96. The van der Waals surface area contributed by atoms with E-state index in [9.17, 15) is 36.2 Å². The largest absolute Gasteiger partial charge is 0.419 e. The molecule has 0 radical (unpaired) electrons. The SMILES string of the molecule is O=C(c1ccccc1C(F)(F)F)N1CC[C@](O)(C(F)(F)F)C1. The number of amides is 1. The predicted octanol–water partition coefficient (Wildman–Crippen LogP) is 2.84. The number of nitrogens with zero attached hydrogens (tertiary/aromatic N) is 1. The molecule has 0 aromatic heterocycles. The summed E-state index contributed by atoms with van der Waals surface area (Å²) in [5, 5.41) is 9.48. The Kier molecular flexibility index (Phi) is 3.88. The van der Waals surface area contributed by atoms with E-state index in [1.165, 1.54) is 6.07 Å². The lowest BCUT2D eigenvalue weighted by Crippen LogP contribution is -2.48. The Labute approximate surface area is 121 Å². The number of aliphatic hydroxyl groups is 1. The average Bonchev–Trinajstić information content (AvgIpc) is 2.80. The molecule has 22 heavy (non-hydrogen) atoms. The molecule has 1 N–H and O–H groups in total. The average molecular weight is 327 g/mol. The maximum atomic E-state index is 12.8. The second-order valence-electron chi connectivity index (χ2n) is 5.05. The van der Waals surface area contributed by atoms with E-state index < -0.39 is 54.5 Å². The van der Waals surface area contributed by atoms with E-state index in [1.54, 1.807) is 0 Å². The van der Waals surface area contributed by atoms with Gasteiger partial charge in [-0.15, -0.1) is 0 Å². The van der Waals surface area contributed by atoms with E-state index in [1.807, 2.05) is 0 Å². The molecule has 1 aliphatic heterocycles. The molecular weight excluding hydrogens is 316 g/mol. The molecule has 0 saturated carbocycles. The van der Waals surface area contributed by atoms with Crippen LogP contribution in [0.25, 0.3) is 0 Å². The highest BCUT2D eigenvalue weighted by Gasteiger charge is 2.58. The van der Waals surface area contributed by atoms with Gasteiger partial charge in [-0.1, -0.05) is 12.1 Å². The molecular formula is C13H11F6NO2. The zero-order valence-corrected chi connectivity index (χ0v) is 11.0. The van der Waals surface area contributed by atoms with Gasteiger partial charge in [-0.05, 0) is 12.1 Å². The molecule has 9 heteroatoms. The number of benzene rings is 1. The van der Waals surface area contributed by atoms with E-state index in [0.717, 1.165) is 12.1 Å². The van der Waals surface area contributed by atoms with Crippen molar-refractivity contribution >= 4 is 5.91 Å². The van der Waals surface area contributed by atoms with Crippen LogP contribution < -0.4 is 0 Å².